The van der Waals surface area contributed by atoms with Gasteiger partial charge in [-0.05, 0) is 208 Å². The first-order valence-electron chi connectivity index (χ1n) is 23.0. The molecule has 6 nitrogen and oxygen atoms in total. The molecular formula is C48H76O6. The molecule has 0 amide bonds. The number of hydrogen-bond donors (Lipinski definition) is 4. The zero-order valence-electron chi connectivity index (χ0n) is 34.8. The van der Waals surface area contributed by atoms with Crippen molar-refractivity contribution >= 4 is 11.9 Å². The second-order valence-corrected chi connectivity index (χ2v) is 22.4. The van der Waals surface area contributed by atoms with Gasteiger partial charge in [0.1, 0.15) is 0 Å². The molecule has 8 fully saturated rings. The highest BCUT2D eigenvalue weighted by Gasteiger charge is 2.65. The number of fused-ring (bicyclic) bond motifs is 10. The van der Waals surface area contributed by atoms with Crippen LogP contribution in [0.2, 0.25) is 0 Å². The molecule has 0 aliphatic heterocycles. The lowest BCUT2D eigenvalue weighted by atomic mass is 9.42. The van der Waals surface area contributed by atoms with Crippen LogP contribution in [0.1, 0.15) is 170 Å². The van der Waals surface area contributed by atoms with E-state index < -0.39 is 11.9 Å². The average Bonchev–Trinajstić information content (AvgIpc) is 3.68. The number of rotatable bonds is 8. The van der Waals surface area contributed by atoms with E-state index in [2.05, 4.69) is 41.5 Å². The summed E-state index contributed by atoms with van der Waals surface area (Å²) in [6, 6.07) is 0. The van der Waals surface area contributed by atoms with Crippen molar-refractivity contribution in [2.45, 2.75) is 182 Å². The number of aliphatic carboxylic acids is 2. The molecule has 0 aromatic rings. The Morgan fingerprint density at radius 1 is 0.593 bits per heavy atom. The molecule has 0 aromatic heterocycles. The Kier molecular flexibility index (Phi) is 10.3. The van der Waals surface area contributed by atoms with E-state index in [9.17, 15) is 30.0 Å². The van der Waals surface area contributed by atoms with Gasteiger partial charge in [0.2, 0.25) is 0 Å². The Hall–Kier alpha value is -1.40. The molecule has 0 saturated heterocycles. The molecule has 0 radical (unpaired) electrons. The van der Waals surface area contributed by atoms with Gasteiger partial charge in [0.15, 0.2) is 0 Å². The maximum absolute atomic E-state index is 12.0. The third kappa shape index (κ3) is 5.95. The monoisotopic (exact) mass is 749 g/mol. The van der Waals surface area contributed by atoms with Gasteiger partial charge in [-0.15, -0.1) is 0 Å². The Balaban J connectivity index is 0.937. The van der Waals surface area contributed by atoms with Crippen LogP contribution in [0, 0.1) is 92.7 Å². The summed E-state index contributed by atoms with van der Waals surface area (Å²) in [7, 11) is 0. The van der Waals surface area contributed by atoms with Crippen molar-refractivity contribution < 1.29 is 30.0 Å². The van der Waals surface area contributed by atoms with Gasteiger partial charge in [0.25, 0.3) is 0 Å². The summed E-state index contributed by atoms with van der Waals surface area (Å²) in [5.74, 6) is 5.33. The molecule has 0 aromatic carbocycles. The number of carboxylic acid groups (broad SMARTS) is 2. The SMILES string of the molecule is C[C@H](CCC(=O)O)[C@H]1CCC2C3CC[C@@H]4C/C(=C5\CC[C@]6(C)C7C[C@H](O)[C@@]8(C)C(CC[C@@H]8[C@H](C)CCC(=O)O)C7CC[C@@H]6C5)CC[C@]4(C)C3C[C@H](O)[C@@]21C. The van der Waals surface area contributed by atoms with Gasteiger partial charge >= 0.3 is 11.9 Å². The van der Waals surface area contributed by atoms with Gasteiger partial charge in [0, 0.05) is 12.8 Å². The van der Waals surface area contributed by atoms with Crippen LogP contribution in [-0.4, -0.2) is 44.6 Å². The molecule has 6 heteroatoms. The van der Waals surface area contributed by atoms with Gasteiger partial charge < -0.3 is 20.4 Å². The maximum atomic E-state index is 12.0. The number of aliphatic hydroxyl groups is 2. The molecule has 0 spiro atoms. The fraction of sp³-hybridized carbons (Fsp3) is 0.917. The lowest BCUT2D eigenvalue weighted by molar-refractivity contribution is -0.167. The number of hydrogen-bond acceptors (Lipinski definition) is 4. The summed E-state index contributed by atoms with van der Waals surface area (Å²) in [5, 5.41) is 42.8. The Labute approximate surface area is 327 Å². The van der Waals surface area contributed by atoms with Crippen LogP contribution >= 0.6 is 0 Å². The van der Waals surface area contributed by atoms with Crippen molar-refractivity contribution in [1.82, 2.24) is 0 Å². The van der Waals surface area contributed by atoms with E-state index in [0.29, 0.717) is 70.0 Å². The molecule has 304 valence electrons. The number of carboxylic acids is 2. The molecule has 54 heavy (non-hydrogen) atoms. The molecule has 8 aliphatic rings. The van der Waals surface area contributed by atoms with Crippen LogP contribution in [0.25, 0.3) is 0 Å². The molecule has 4 N–H and O–H groups in total. The second kappa shape index (κ2) is 14.2. The minimum absolute atomic E-state index is 0.0787. The Bertz CT molecular complexity index is 1380. The third-order valence-electron chi connectivity index (χ3n) is 20.9. The van der Waals surface area contributed by atoms with Crippen LogP contribution in [-0.2, 0) is 9.59 Å². The van der Waals surface area contributed by atoms with Crippen molar-refractivity contribution in [2.24, 2.45) is 92.7 Å². The van der Waals surface area contributed by atoms with Gasteiger partial charge in [-0.25, -0.2) is 0 Å². The Morgan fingerprint density at radius 2 is 0.981 bits per heavy atom. The van der Waals surface area contributed by atoms with Crippen molar-refractivity contribution in [3.05, 3.63) is 11.1 Å². The topological polar surface area (TPSA) is 115 Å². The van der Waals surface area contributed by atoms with Crippen LogP contribution in [0.15, 0.2) is 11.1 Å². The predicted molar refractivity (Wildman–Crippen MR) is 212 cm³/mol. The Morgan fingerprint density at radius 3 is 1.35 bits per heavy atom. The maximum Gasteiger partial charge on any atom is 0.303 e. The lowest BCUT2D eigenvalue weighted by Crippen LogP contribution is -2.58. The fourth-order valence-electron chi connectivity index (χ4n) is 17.8. The lowest BCUT2D eigenvalue weighted by Gasteiger charge is -2.63. The summed E-state index contributed by atoms with van der Waals surface area (Å²) in [6.45, 7) is 14.5. The van der Waals surface area contributed by atoms with Crippen molar-refractivity contribution in [1.29, 1.82) is 0 Å². The van der Waals surface area contributed by atoms with E-state index in [0.717, 1.165) is 50.4 Å². The molecule has 0 heterocycles. The molecule has 8 aliphatic carbocycles. The van der Waals surface area contributed by atoms with Gasteiger partial charge in [-0.1, -0.05) is 52.7 Å². The molecule has 0 bridgehead atoms. The first-order chi connectivity index (χ1) is 25.5. The summed E-state index contributed by atoms with van der Waals surface area (Å²) >= 11 is 0. The normalized spacial score (nSPS) is 52.1. The smallest absolute Gasteiger partial charge is 0.303 e. The largest absolute Gasteiger partial charge is 0.481 e. The van der Waals surface area contributed by atoms with E-state index >= 15 is 0 Å². The quantitative estimate of drug-likeness (QED) is 0.184. The summed E-state index contributed by atoms with van der Waals surface area (Å²) in [4.78, 5) is 22.8. The van der Waals surface area contributed by atoms with E-state index in [4.69, 9.17) is 0 Å². The third-order valence-corrected chi connectivity index (χ3v) is 20.9. The van der Waals surface area contributed by atoms with Crippen molar-refractivity contribution in [2.75, 3.05) is 0 Å². The van der Waals surface area contributed by atoms with Gasteiger partial charge in [-0.3, -0.25) is 9.59 Å². The molecule has 6 unspecified atom stereocenters. The fourth-order valence-corrected chi connectivity index (χ4v) is 17.8. The highest BCUT2D eigenvalue weighted by Crippen LogP contribution is 2.71. The van der Waals surface area contributed by atoms with Crippen LogP contribution in [0.5, 0.6) is 0 Å². The highest BCUT2D eigenvalue weighted by molar-refractivity contribution is 5.66. The molecule has 8 rings (SSSR count). The number of allylic oxidation sites excluding steroid dienone is 2. The van der Waals surface area contributed by atoms with Crippen molar-refractivity contribution in [3.63, 3.8) is 0 Å². The number of carbonyl (C=O) groups is 2. The van der Waals surface area contributed by atoms with Gasteiger partial charge in [-0.2, -0.15) is 0 Å². The van der Waals surface area contributed by atoms with E-state index in [1.807, 2.05) is 0 Å². The summed E-state index contributed by atoms with van der Waals surface area (Å²) in [6.07, 6.45) is 20.8. The summed E-state index contributed by atoms with van der Waals surface area (Å²) < 4.78 is 0. The minimum atomic E-state index is -0.699. The van der Waals surface area contributed by atoms with Crippen LogP contribution in [0.3, 0.4) is 0 Å². The first-order valence-corrected chi connectivity index (χ1v) is 23.0. The van der Waals surface area contributed by atoms with E-state index in [1.165, 1.54) is 77.0 Å². The minimum Gasteiger partial charge on any atom is -0.481 e. The first kappa shape index (κ1) is 39.4. The zero-order chi connectivity index (χ0) is 38.5. The molecular weight excluding hydrogens is 673 g/mol. The van der Waals surface area contributed by atoms with Gasteiger partial charge in [0.05, 0.1) is 12.2 Å². The van der Waals surface area contributed by atoms with Crippen LogP contribution in [0.4, 0.5) is 0 Å². The van der Waals surface area contributed by atoms with Crippen LogP contribution < -0.4 is 0 Å². The van der Waals surface area contributed by atoms with Crippen molar-refractivity contribution in [3.8, 4) is 0 Å². The average molecular weight is 749 g/mol. The highest BCUT2D eigenvalue weighted by atomic mass is 16.4. The molecule has 8 saturated carbocycles. The number of aliphatic hydroxyl groups excluding tert-OH is 2. The zero-order valence-corrected chi connectivity index (χ0v) is 34.8. The predicted octanol–water partition coefficient (Wildman–Crippen LogP) is 10.5. The summed E-state index contributed by atoms with van der Waals surface area (Å²) in [5.41, 5.74) is 4.06. The van der Waals surface area contributed by atoms with E-state index in [-0.39, 0.29) is 35.9 Å². The van der Waals surface area contributed by atoms with E-state index in [1.54, 1.807) is 11.1 Å². The standard InChI is InChI=1S/C48H76O6/c1-27(7-17-43(51)52)35-13-15-37-33-11-9-31-23-29(19-21-45(31,3)39(33)25-41(49)47(35,37)5)30-20-22-46(4)32(24-30)10-12-34-38-16-14-36(28(2)8-18-44(53)54)48(38,6)42(50)26-40(34)46/h27-28,31-42,49-50H,7-26H2,1-6H3,(H,51,52)(H,53,54)/b30-29+/t27-,28-,31-,32-,33?,34?,35-,36-,37?,38?,39?,40?,41+,42+,45+,46+,47-,48-/m1/s1. The molecule has 18 atom stereocenters. The second-order valence-electron chi connectivity index (χ2n) is 22.4.